The predicted octanol–water partition coefficient (Wildman–Crippen LogP) is 2.57. The standard InChI is InChI=1S/C15H24N2O/c1-4-11(5-2)17(3)13-10-18-14-9-7-6-8-12(14)15(13)16/h6-9,11,13,15H,4-5,10,16H2,1-3H3. The van der Waals surface area contributed by atoms with Crippen molar-refractivity contribution in [3.63, 3.8) is 0 Å². The lowest BCUT2D eigenvalue weighted by atomic mass is 9.94. The van der Waals surface area contributed by atoms with E-state index in [4.69, 9.17) is 10.5 Å². The molecule has 2 unspecified atom stereocenters. The third-order valence-corrected chi connectivity index (χ3v) is 4.14. The van der Waals surface area contributed by atoms with Crippen molar-refractivity contribution in [2.75, 3.05) is 13.7 Å². The van der Waals surface area contributed by atoms with Crippen LogP contribution in [0.2, 0.25) is 0 Å². The van der Waals surface area contributed by atoms with Gasteiger partial charge in [0.05, 0.1) is 12.1 Å². The van der Waals surface area contributed by atoms with Gasteiger partial charge in [-0.2, -0.15) is 0 Å². The Morgan fingerprint density at radius 1 is 1.33 bits per heavy atom. The highest BCUT2D eigenvalue weighted by atomic mass is 16.5. The van der Waals surface area contributed by atoms with Gasteiger partial charge >= 0.3 is 0 Å². The number of benzene rings is 1. The Hall–Kier alpha value is -1.06. The Bertz CT molecular complexity index is 390. The molecule has 0 amide bonds. The fourth-order valence-corrected chi connectivity index (χ4v) is 2.88. The van der Waals surface area contributed by atoms with Gasteiger partial charge in [-0.1, -0.05) is 32.0 Å². The van der Waals surface area contributed by atoms with Crippen molar-refractivity contribution in [2.24, 2.45) is 5.73 Å². The maximum atomic E-state index is 6.42. The molecule has 0 fully saturated rings. The fraction of sp³-hybridized carbons (Fsp3) is 0.600. The third kappa shape index (κ3) is 2.38. The fourth-order valence-electron chi connectivity index (χ4n) is 2.88. The largest absolute Gasteiger partial charge is 0.492 e. The van der Waals surface area contributed by atoms with Gasteiger partial charge < -0.3 is 10.5 Å². The lowest BCUT2D eigenvalue weighted by molar-refractivity contribution is 0.0813. The first-order valence-corrected chi connectivity index (χ1v) is 6.88. The molecule has 0 aromatic heterocycles. The molecular formula is C15H24N2O. The highest BCUT2D eigenvalue weighted by Gasteiger charge is 2.32. The summed E-state index contributed by atoms with van der Waals surface area (Å²) in [6.45, 7) is 5.15. The molecule has 0 radical (unpaired) electrons. The summed E-state index contributed by atoms with van der Waals surface area (Å²) in [7, 11) is 2.17. The molecule has 3 heteroatoms. The molecule has 3 nitrogen and oxygen atoms in total. The third-order valence-electron chi connectivity index (χ3n) is 4.14. The van der Waals surface area contributed by atoms with Crippen molar-refractivity contribution in [1.82, 2.24) is 4.90 Å². The molecule has 1 heterocycles. The number of fused-ring (bicyclic) bond motifs is 1. The van der Waals surface area contributed by atoms with Gasteiger partial charge in [-0.25, -0.2) is 0 Å². The van der Waals surface area contributed by atoms with Crippen LogP contribution in [0.15, 0.2) is 24.3 Å². The maximum Gasteiger partial charge on any atom is 0.124 e. The number of likely N-dealkylation sites (N-methyl/N-ethyl adjacent to an activating group) is 1. The predicted molar refractivity (Wildman–Crippen MR) is 74.8 cm³/mol. The number of rotatable bonds is 4. The van der Waals surface area contributed by atoms with E-state index in [1.807, 2.05) is 18.2 Å². The van der Waals surface area contributed by atoms with E-state index in [9.17, 15) is 0 Å². The first-order valence-electron chi connectivity index (χ1n) is 6.88. The number of ether oxygens (including phenoxy) is 1. The van der Waals surface area contributed by atoms with Crippen LogP contribution >= 0.6 is 0 Å². The van der Waals surface area contributed by atoms with E-state index in [-0.39, 0.29) is 12.1 Å². The number of nitrogens with two attached hydrogens (primary N) is 1. The number of nitrogens with zero attached hydrogens (tertiary/aromatic N) is 1. The first-order chi connectivity index (χ1) is 8.69. The lowest BCUT2D eigenvalue weighted by Gasteiger charge is -2.40. The minimum Gasteiger partial charge on any atom is -0.492 e. The minimum atomic E-state index is 0.0422. The molecule has 18 heavy (non-hydrogen) atoms. The quantitative estimate of drug-likeness (QED) is 0.890. The lowest BCUT2D eigenvalue weighted by Crippen LogP contribution is -2.50. The van der Waals surface area contributed by atoms with Crippen LogP contribution in [0.5, 0.6) is 5.75 Å². The van der Waals surface area contributed by atoms with E-state index < -0.39 is 0 Å². The van der Waals surface area contributed by atoms with Gasteiger partial charge in [0.15, 0.2) is 0 Å². The summed E-state index contributed by atoms with van der Waals surface area (Å²) < 4.78 is 5.85. The van der Waals surface area contributed by atoms with Crippen LogP contribution in [0.25, 0.3) is 0 Å². The van der Waals surface area contributed by atoms with Crippen molar-refractivity contribution in [3.05, 3.63) is 29.8 Å². The molecule has 0 saturated carbocycles. The zero-order valence-corrected chi connectivity index (χ0v) is 11.6. The zero-order valence-electron chi connectivity index (χ0n) is 11.6. The van der Waals surface area contributed by atoms with Crippen molar-refractivity contribution in [2.45, 2.75) is 44.8 Å². The summed E-state index contributed by atoms with van der Waals surface area (Å²) >= 11 is 0. The van der Waals surface area contributed by atoms with Crippen molar-refractivity contribution in [3.8, 4) is 5.75 Å². The molecule has 1 aliphatic rings. The van der Waals surface area contributed by atoms with E-state index in [0.717, 1.165) is 24.2 Å². The SMILES string of the molecule is CCC(CC)N(C)C1COc2ccccc2C1N. The van der Waals surface area contributed by atoms with E-state index in [1.165, 1.54) is 0 Å². The van der Waals surface area contributed by atoms with Crippen LogP contribution in [0, 0.1) is 0 Å². The summed E-state index contributed by atoms with van der Waals surface area (Å²) in [5.74, 6) is 0.944. The Morgan fingerprint density at radius 3 is 2.67 bits per heavy atom. The monoisotopic (exact) mass is 248 g/mol. The Kier molecular flexibility index (Phi) is 4.25. The second-order valence-electron chi connectivity index (χ2n) is 5.08. The Morgan fingerprint density at radius 2 is 2.00 bits per heavy atom. The normalized spacial score (nSPS) is 23.0. The number of hydrogen-bond donors (Lipinski definition) is 1. The van der Waals surface area contributed by atoms with E-state index in [0.29, 0.717) is 12.6 Å². The molecule has 0 aliphatic carbocycles. The molecule has 2 rings (SSSR count). The van der Waals surface area contributed by atoms with Crippen LogP contribution in [0.4, 0.5) is 0 Å². The van der Waals surface area contributed by atoms with Gasteiger partial charge in [-0.15, -0.1) is 0 Å². The zero-order chi connectivity index (χ0) is 13.1. The second kappa shape index (κ2) is 5.72. The van der Waals surface area contributed by atoms with Gasteiger partial charge in [0.2, 0.25) is 0 Å². The molecule has 0 saturated heterocycles. The summed E-state index contributed by atoms with van der Waals surface area (Å²) in [6, 6.07) is 8.99. The van der Waals surface area contributed by atoms with Gasteiger partial charge in [-0.05, 0) is 26.0 Å². The van der Waals surface area contributed by atoms with Crippen LogP contribution in [-0.4, -0.2) is 30.6 Å². The van der Waals surface area contributed by atoms with Crippen LogP contribution in [0.3, 0.4) is 0 Å². The van der Waals surface area contributed by atoms with E-state index in [1.54, 1.807) is 0 Å². The van der Waals surface area contributed by atoms with Gasteiger partial charge in [0.1, 0.15) is 12.4 Å². The van der Waals surface area contributed by atoms with E-state index in [2.05, 4.69) is 31.9 Å². The van der Waals surface area contributed by atoms with Crippen LogP contribution < -0.4 is 10.5 Å². The molecule has 1 aromatic carbocycles. The first kappa shape index (κ1) is 13.4. The summed E-state index contributed by atoms with van der Waals surface area (Å²) in [6.07, 6.45) is 2.30. The van der Waals surface area contributed by atoms with E-state index >= 15 is 0 Å². The molecular weight excluding hydrogens is 224 g/mol. The van der Waals surface area contributed by atoms with Crippen LogP contribution in [-0.2, 0) is 0 Å². The highest BCUT2D eigenvalue weighted by molar-refractivity contribution is 5.38. The summed E-state index contributed by atoms with van der Waals surface area (Å²) in [5.41, 5.74) is 7.55. The minimum absolute atomic E-state index is 0.0422. The van der Waals surface area contributed by atoms with Gasteiger partial charge in [-0.3, -0.25) is 4.90 Å². The molecule has 0 spiro atoms. The number of para-hydroxylation sites is 1. The topological polar surface area (TPSA) is 38.5 Å². The molecule has 0 bridgehead atoms. The summed E-state index contributed by atoms with van der Waals surface area (Å²) in [4.78, 5) is 2.39. The second-order valence-corrected chi connectivity index (χ2v) is 5.08. The summed E-state index contributed by atoms with van der Waals surface area (Å²) in [5, 5.41) is 0. The highest BCUT2D eigenvalue weighted by Crippen LogP contribution is 2.33. The van der Waals surface area contributed by atoms with Crippen molar-refractivity contribution < 1.29 is 4.74 Å². The maximum absolute atomic E-state index is 6.42. The Balaban J connectivity index is 2.18. The number of hydrogen-bond acceptors (Lipinski definition) is 3. The molecule has 2 N–H and O–H groups in total. The average molecular weight is 248 g/mol. The molecule has 1 aromatic rings. The van der Waals surface area contributed by atoms with Crippen molar-refractivity contribution in [1.29, 1.82) is 0 Å². The van der Waals surface area contributed by atoms with Crippen molar-refractivity contribution >= 4 is 0 Å². The molecule has 1 aliphatic heterocycles. The smallest absolute Gasteiger partial charge is 0.124 e. The Labute approximate surface area is 110 Å². The van der Waals surface area contributed by atoms with Gasteiger partial charge in [0, 0.05) is 11.6 Å². The van der Waals surface area contributed by atoms with Gasteiger partial charge in [0.25, 0.3) is 0 Å². The average Bonchev–Trinajstić information content (AvgIpc) is 2.40. The molecule has 2 atom stereocenters. The van der Waals surface area contributed by atoms with Crippen LogP contribution in [0.1, 0.15) is 38.3 Å². The molecule has 100 valence electrons.